The Labute approximate surface area is 200 Å². The monoisotopic (exact) mass is 501 g/mol. The van der Waals surface area contributed by atoms with Crippen LogP contribution in [0.4, 0.5) is 0 Å². The van der Waals surface area contributed by atoms with Crippen molar-refractivity contribution < 1.29 is 29.4 Å². The molecule has 34 heavy (non-hydrogen) atoms. The fourth-order valence-electron chi connectivity index (χ4n) is 2.68. The van der Waals surface area contributed by atoms with E-state index in [9.17, 15) is 29.4 Å². The van der Waals surface area contributed by atoms with Gasteiger partial charge in [-0.1, -0.05) is 0 Å². The Balaban J connectivity index is 2.65. The summed E-state index contributed by atoms with van der Waals surface area (Å²) < 4.78 is 0. The summed E-state index contributed by atoms with van der Waals surface area (Å²) >= 11 is 4.03. The second kappa shape index (κ2) is 14.7. The van der Waals surface area contributed by atoms with Crippen LogP contribution in [0.5, 0.6) is 0 Å². The van der Waals surface area contributed by atoms with Crippen molar-refractivity contribution in [1.82, 2.24) is 25.9 Å². The molecular weight excluding hydrogens is 470 g/mol. The Morgan fingerprint density at radius 1 is 1.09 bits per heavy atom. The summed E-state index contributed by atoms with van der Waals surface area (Å²) in [5.74, 6) is -3.90. The van der Waals surface area contributed by atoms with Crippen LogP contribution < -0.4 is 33.2 Å². The second-order valence-corrected chi connectivity index (χ2v) is 7.59. The van der Waals surface area contributed by atoms with E-state index < -0.39 is 54.5 Å². The summed E-state index contributed by atoms with van der Waals surface area (Å²) in [6.45, 7) is -0.531. The predicted molar refractivity (Wildman–Crippen MR) is 125 cm³/mol. The minimum absolute atomic E-state index is 0.0803. The van der Waals surface area contributed by atoms with E-state index in [-0.39, 0.29) is 31.1 Å². The lowest BCUT2D eigenvalue weighted by molar-refractivity contribution is -0.142. The number of carboxylic acids is 1. The first kappa shape index (κ1) is 28.7. The standard InChI is InChI=1S/C18H31N9O6S/c19-10(2-1-3-23-18(20)21)14(29)27-13(7-34)16(31)26-12(6-28)15(30)25-11(17(32)33)4-9-5-22-8-24-9/h5,8,10-13,28,34H,1-4,6-7,19H2,(H,22,24)(H,25,30)(H,26,31)(H,27,29)(H,32,33)(H4,20,21,23). The average Bonchev–Trinajstić information content (AvgIpc) is 3.30. The minimum atomic E-state index is -1.47. The Morgan fingerprint density at radius 3 is 2.24 bits per heavy atom. The number of aliphatic hydroxyl groups is 1. The van der Waals surface area contributed by atoms with Gasteiger partial charge < -0.3 is 48.3 Å². The highest BCUT2D eigenvalue weighted by Crippen LogP contribution is 2.01. The van der Waals surface area contributed by atoms with E-state index in [2.05, 4.69) is 43.5 Å². The van der Waals surface area contributed by atoms with E-state index in [1.54, 1.807) is 0 Å². The number of aliphatic carboxylic acids is 1. The van der Waals surface area contributed by atoms with Gasteiger partial charge in [0.2, 0.25) is 17.7 Å². The Kier molecular flexibility index (Phi) is 12.4. The molecule has 1 heterocycles. The Hall–Kier alpha value is -3.37. The molecule has 0 aliphatic heterocycles. The molecule has 0 radical (unpaired) electrons. The topological polar surface area (TPSA) is 264 Å². The zero-order valence-electron chi connectivity index (χ0n) is 18.3. The van der Waals surface area contributed by atoms with Gasteiger partial charge in [-0.25, -0.2) is 9.78 Å². The van der Waals surface area contributed by atoms with Crippen molar-refractivity contribution in [2.24, 2.45) is 22.2 Å². The maximum Gasteiger partial charge on any atom is 0.326 e. The number of nitrogens with zero attached hydrogens (tertiary/aromatic N) is 2. The normalized spacial score (nSPS) is 14.2. The molecule has 0 spiro atoms. The number of hydrogen-bond donors (Lipinski definition) is 10. The van der Waals surface area contributed by atoms with Gasteiger partial charge in [-0.3, -0.25) is 19.4 Å². The molecule has 3 amide bonds. The molecule has 0 aliphatic rings. The van der Waals surface area contributed by atoms with Crippen LogP contribution in [0.3, 0.4) is 0 Å². The van der Waals surface area contributed by atoms with Crippen molar-refractivity contribution in [1.29, 1.82) is 0 Å². The highest BCUT2D eigenvalue weighted by molar-refractivity contribution is 7.80. The largest absolute Gasteiger partial charge is 0.480 e. The first-order chi connectivity index (χ1) is 16.1. The third kappa shape index (κ3) is 10.1. The number of imidazole rings is 1. The molecule has 0 saturated heterocycles. The number of aromatic nitrogens is 2. The minimum Gasteiger partial charge on any atom is -0.480 e. The molecule has 0 fully saturated rings. The number of amides is 3. The van der Waals surface area contributed by atoms with Crippen LogP contribution in [-0.2, 0) is 25.6 Å². The quantitative estimate of drug-likeness (QED) is 0.0479. The SMILES string of the molecule is NC(N)=NCCCC(N)C(=O)NC(CS)C(=O)NC(CO)C(=O)NC(Cc1cnc[nH]1)C(=O)O. The van der Waals surface area contributed by atoms with Crippen molar-refractivity contribution >= 4 is 42.3 Å². The average molecular weight is 502 g/mol. The van der Waals surface area contributed by atoms with Gasteiger partial charge in [-0.2, -0.15) is 12.6 Å². The number of hydrogen-bond acceptors (Lipinski definition) is 9. The fraction of sp³-hybridized carbons (Fsp3) is 0.556. The van der Waals surface area contributed by atoms with Gasteiger partial charge >= 0.3 is 5.97 Å². The number of carbonyl (C=O) groups is 4. The molecular formula is C18H31N9O6S. The lowest BCUT2D eigenvalue weighted by Crippen LogP contribution is -2.58. The van der Waals surface area contributed by atoms with Gasteiger partial charge in [0, 0.05) is 30.6 Å². The number of guanidine groups is 1. The summed E-state index contributed by atoms with van der Waals surface area (Å²) in [5, 5.41) is 25.8. The third-order valence-corrected chi connectivity index (χ3v) is 4.89. The predicted octanol–water partition coefficient (Wildman–Crippen LogP) is -4.21. The van der Waals surface area contributed by atoms with E-state index >= 15 is 0 Å². The zero-order chi connectivity index (χ0) is 25.7. The van der Waals surface area contributed by atoms with E-state index in [1.165, 1.54) is 12.5 Å². The Morgan fingerprint density at radius 2 is 1.71 bits per heavy atom. The van der Waals surface area contributed by atoms with Crippen LogP contribution in [0.25, 0.3) is 0 Å². The van der Waals surface area contributed by atoms with Crippen LogP contribution in [0.2, 0.25) is 0 Å². The fourth-order valence-corrected chi connectivity index (χ4v) is 2.94. The zero-order valence-corrected chi connectivity index (χ0v) is 19.2. The molecule has 15 nitrogen and oxygen atoms in total. The third-order valence-electron chi connectivity index (χ3n) is 4.53. The molecule has 12 N–H and O–H groups in total. The molecule has 0 bridgehead atoms. The van der Waals surface area contributed by atoms with Gasteiger partial charge in [0.25, 0.3) is 0 Å². The molecule has 4 unspecified atom stereocenters. The first-order valence-electron chi connectivity index (χ1n) is 10.2. The van der Waals surface area contributed by atoms with Crippen molar-refractivity contribution in [3.63, 3.8) is 0 Å². The molecule has 1 rings (SSSR count). The number of carbonyl (C=O) groups excluding carboxylic acids is 3. The molecule has 0 aromatic carbocycles. The summed E-state index contributed by atoms with van der Waals surface area (Å²) in [6, 6.07) is -4.92. The van der Waals surface area contributed by atoms with E-state index in [4.69, 9.17) is 17.2 Å². The maximum atomic E-state index is 12.5. The lowest BCUT2D eigenvalue weighted by atomic mass is 10.1. The van der Waals surface area contributed by atoms with Gasteiger partial charge in [0.15, 0.2) is 5.96 Å². The van der Waals surface area contributed by atoms with Crippen molar-refractivity contribution in [3.8, 4) is 0 Å². The number of rotatable bonds is 15. The van der Waals surface area contributed by atoms with Crippen LogP contribution in [-0.4, -0.2) is 92.9 Å². The highest BCUT2D eigenvalue weighted by atomic mass is 32.1. The first-order valence-corrected chi connectivity index (χ1v) is 10.9. The Bertz CT molecular complexity index is 847. The molecule has 0 saturated carbocycles. The molecule has 190 valence electrons. The maximum absolute atomic E-state index is 12.5. The van der Waals surface area contributed by atoms with Gasteiger partial charge in [0.1, 0.15) is 18.1 Å². The van der Waals surface area contributed by atoms with Crippen molar-refractivity contribution in [3.05, 3.63) is 18.2 Å². The highest BCUT2D eigenvalue weighted by Gasteiger charge is 2.29. The van der Waals surface area contributed by atoms with Crippen LogP contribution >= 0.6 is 12.6 Å². The number of carboxylic acid groups (broad SMARTS) is 1. The number of nitrogens with one attached hydrogen (secondary N) is 4. The lowest BCUT2D eigenvalue weighted by Gasteiger charge is -2.23. The van der Waals surface area contributed by atoms with Crippen LogP contribution in [0, 0.1) is 0 Å². The number of H-pyrrole nitrogens is 1. The van der Waals surface area contributed by atoms with E-state index in [0.717, 1.165) is 0 Å². The number of aliphatic hydroxyl groups excluding tert-OH is 1. The van der Waals surface area contributed by atoms with Crippen molar-refractivity contribution in [2.45, 2.75) is 43.4 Å². The smallest absolute Gasteiger partial charge is 0.326 e. The number of aliphatic imine (C=N–C) groups is 1. The van der Waals surface area contributed by atoms with Gasteiger partial charge in [-0.05, 0) is 12.8 Å². The van der Waals surface area contributed by atoms with Crippen LogP contribution in [0.1, 0.15) is 18.5 Å². The summed E-state index contributed by atoms with van der Waals surface area (Å²) in [5.41, 5.74) is 16.7. The van der Waals surface area contributed by atoms with Gasteiger partial charge in [-0.15, -0.1) is 0 Å². The van der Waals surface area contributed by atoms with Crippen LogP contribution in [0.15, 0.2) is 17.5 Å². The summed E-state index contributed by atoms with van der Waals surface area (Å²) in [6.07, 6.45) is 3.34. The van der Waals surface area contributed by atoms with Crippen molar-refractivity contribution in [2.75, 3.05) is 18.9 Å². The van der Waals surface area contributed by atoms with Gasteiger partial charge in [0.05, 0.1) is 19.0 Å². The number of nitrogens with two attached hydrogens (primary N) is 3. The number of aromatic amines is 1. The summed E-state index contributed by atoms with van der Waals surface area (Å²) in [7, 11) is 0. The molecule has 1 aromatic heterocycles. The summed E-state index contributed by atoms with van der Waals surface area (Å²) in [4.78, 5) is 59.0. The second-order valence-electron chi connectivity index (χ2n) is 7.22. The van der Waals surface area contributed by atoms with E-state index in [0.29, 0.717) is 12.1 Å². The molecule has 1 aromatic rings. The molecule has 4 atom stereocenters. The molecule has 16 heteroatoms. The van der Waals surface area contributed by atoms with E-state index in [1.807, 2.05) is 0 Å². The number of thiol groups is 1. The molecule has 0 aliphatic carbocycles.